The van der Waals surface area contributed by atoms with E-state index >= 15 is 0 Å². The minimum Gasteiger partial charge on any atom is -0.444 e. The lowest BCUT2D eigenvalue weighted by molar-refractivity contribution is -0.145. The fourth-order valence-corrected chi connectivity index (χ4v) is 8.82. The topological polar surface area (TPSA) is 193 Å². The van der Waals surface area contributed by atoms with E-state index in [9.17, 15) is 33.6 Å². The van der Waals surface area contributed by atoms with Crippen molar-refractivity contribution < 1.29 is 43.0 Å². The Balaban J connectivity index is 1.31. The van der Waals surface area contributed by atoms with Crippen molar-refractivity contribution in [1.29, 1.82) is 0 Å². The summed E-state index contributed by atoms with van der Waals surface area (Å²) in [4.78, 5) is 98.2. The standard InChI is InChI=1S/C39H58N6O9S/c1-38(2,3)54-37(52)43-29(23-12-9-8-10-13-23)36(51)45-21-26-24(19-39(4,5)53-26)31(45)33(48)41-25(18-22-15-16-22)32(47)34(49)40-20-28(46)42-30(35(50)44(6)7)27-14-11-17-55-27/h11,14,17,22-26,29-31H,8-10,12-13,15-16,18-21H2,1-7H3,(H,40,49)(H,41,48)(H,42,46)(H,43,52)/t24-,25?,26?,29-,30-,31?/m0/s1. The van der Waals surface area contributed by atoms with E-state index in [0.717, 1.165) is 44.9 Å². The molecule has 304 valence electrons. The van der Waals surface area contributed by atoms with Crippen molar-refractivity contribution in [3.05, 3.63) is 22.4 Å². The largest absolute Gasteiger partial charge is 0.444 e. The molecule has 0 aromatic carbocycles. The van der Waals surface area contributed by atoms with Crippen LogP contribution in [-0.2, 0) is 38.2 Å². The molecule has 6 amide bonds. The second kappa shape index (κ2) is 17.4. The highest BCUT2D eigenvalue weighted by Gasteiger charge is 2.56. The molecular formula is C39H58N6O9S. The van der Waals surface area contributed by atoms with Crippen molar-refractivity contribution in [3.63, 3.8) is 0 Å². The molecule has 4 N–H and O–H groups in total. The number of ether oxygens (including phenoxy) is 2. The molecule has 2 saturated carbocycles. The van der Waals surface area contributed by atoms with Gasteiger partial charge in [0.2, 0.25) is 29.4 Å². The van der Waals surface area contributed by atoms with Crippen molar-refractivity contribution in [2.45, 2.75) is 134 Å². The van der Waals surface area contributed by atoms with Gasteiger partial charge in [-0.2, -0.15) is 0 Å². The summed E-state index contributed by atoms with van der Waals surface area (Å²) in [6, 6.07) is -0.619. The molecule has 2 saturated heterocycles. The van der Waals surface area contributed by atoms with Gasteiger partial charge in [-0.25, -0.2) is 4.79 Å². The van der Waals surface area contributed by atoms with Gasteiger partial charge < -0.3 is 40.5 Å². The number of nitrogens with one attached hydrogen (secondary N) is 4. The zero-order valence-electron chi connectivity index (χ0n) is 33.1. The Morgan fingerprint density at radius 1 is 1.00 bits per heavy atom. The van der Waals surface area contributed by atoms with Gasteiger partial charge in [-0.3, -0.25) is 28.8 Å². The number of hydrogen-bond acceptors (Lipinski definition) is 10. The summed E-state index contributed by atoms with van der Waals surface area (Å²) in [5, 5.41) is 12.5. The highest BCUT2D eigenvalue weighted by molar-refractivity contribution is 7.10. The molecule has 2 aliphatic carbocycles. The maximum Gasteiger partial charge on any atom is 0.408 e. The van der Waals surface area contributed by atoms with Gasteiger partial charge in [0.1, 0.15) is 23.7 Å². The fourth-order valence-electron chi connectivity index (χ4n) is 8.06. The molecule has 4 aliphatic rings. The smallest absolute Gasteiger partial charge is 0.408 e. The Bertz CT molecular complexity index is 1600. The van der Waals surface area contributed by atoms with E-state index in [2.05, 4.69) is 21.3 Å². The number of hydrogen-bond donors (Lipinski definition) is 4. The number of likely N-dealkylation sites (tertiary alicyclic amines) is 1. The average Bonchev–Trinajstić information content (AvgIpc) is 3.48. The quantitative estimate of drug-likeness (QED) is 0.205. The second-order valence-corrected chi connectivity index (χ2v) is 18.3. The lowest BCUT2D eigenvalue weighted by Gasteiger charge is -2.36. The Morgan fingerprint density at radius 2 is 1.69 bits per heavy atom. The number of amides is 6. The molecule has 0 bridgehead atoms. The Kier molecular flexibility index (Phi) is 13.3. The van der Waals surface area contributed by atoms with Gasteiger partial charge >= 0.3 is 6.09 Å². The van der Waals surface area contributed by atoms with Crippen LogP contribution in [0.25, 0.3) is 0 Å². The number of likely N-dealkylation sites (N-methyl/N-ethyl adjacent to an activating group) is 1. The predicted octanol–water partition coefficient (Wildman–Crippen LogP) is 2.83. The molecule has 2 aliphatic heterocycles. The zero-order chi connectivity index (χ0) is 40.2. The molecule has 0 spiro atoms. The summed E-state index contributed by atoms with van der Waals surface area (Å²) in [6.07, 6.45) is 5.56. The van der Waals surface area contributed by atoms with E-state index in [-0.39, 0.29) is 36.6 Å². The summed E-state index contributed by atoms with van der Waals surface area (Å²) < 4.78 is 11.9. The van der Waals surface area contributed by atoms with Crippen LogP contribution in [0.5, 0.6) is 0 Å². The van der Waals surface area contributed by atoms with Crippen LogP contribution in [0.2, 0.25) is 0 Å². The van der Waals surface area contributed by atoms with Crippen LogP contribution >= 0.6 is 11.3 Å². The first-order valence-electron chi connectivity index (χ1n) is 19.5. The Hall–Kier alpha value is -4.05. The van der Waals surface area contributed by atoms with Gasteiger partial charge in [0, 0.05) is 31.4 Å². The minimum atomic E-state index is -1.20. The molecule has 1 aromatic heterocycles. The van der Waals surface area contributed by atoms with Gasteiger partial charge in [0.15, 0.2) is 0 Å². The number of thiophene rings is 1. The zero-order valence-corrected chi connectivity index (χ0v) is 33.9. The number of rotatable bonds is 14. The molecule has 3 heterocycles. The number of ketones is 1. The number of carbonyl (C=O) groups is 7. The van der Waals surface area contributed by atoms with Crippen LogP contribution in [0.1, 0.15) is 103 Å². The van der Waals surface area contributed by atoms with Crippen LogP contribution in [0, 0.1) is 17.8 Å². The van der Waals surface area contributed by atoms with E-state index in [0.29, 0.717) is 11.3 Å². The number of nitrogens with zero attached hydrogens (tertiary/aromatic N) is 2. The van der Waals surface area contributed by atoms with Crippen LogP contribution in [0.3, 0.4) is 0 Å². The Labute approximate surface area is 327 Å². The van der Waals surface area contributed by atoms with E-state index in [1.807, 2.05) is 13.8 Å². The third kappa shape index (κ3) is 11.0. The third-order valence-corrected chi connectivity index (χ3v) is 11.7. The normalized spacial score (nSPS) is 23.8. The second-order valence-electron chi connectivity index (χ2n) is 17.3. The predicted molar refractivity (Wildman–Crippen MR) is 203 cm³/mol. The maximum atomic E-state index is 14.6. The first kappa shape index (κ1) is 42.1. The summed E-state index contributed by atoms with van der Waals surface area (Å²) in [5.41, 5.74) is -1.34. The van der Waals surface area contributed by atoms with Gasteiger partial charge in [-0.05, 0) is 83.6 Å². The summed E-state index contributed by atoms with van der Waals surface area (Å²) in [6.45, 7) is 8.66. The molecule has 0 radical (unpaired) electrons. The van der Waals surface area contributed by atoms with Crippen LogP contribution in [-0.4, -0.2) is 114 Å². The molecular weight excluding hydrogens is 729 g/mol. The first-order chi connectivity index (χ1) is 25.8. The molecule has 15 nitrogen and oxygen atoms in total. The summed E-state index contributed by atoms with van der Waals surface area (Å²) in [5.74, 6) is -4.36. The van der Waals surface area contributed by atoms with Crippen molar-refractivity contribution in [3.8, 4) is 0 Å². The van der Waals surface area contributed by atoms with Crippen LogP contribution in [0.15, 0.2) is 17.5 Å². The third-order valence-electron chi connectivity index (χ3n) is 10.8. The van der Waals surface area contributed by atoms with Crippen LogP contribution < -0.4 is 21.3 Å². The molecule has 16 heteroatoms. The Morgan fingerprint density at radius 3 is 2.29 bits per heavy atom. The van der Waals surface area contributed by atoms with E-state index in [1.165, 1.54) is 21.1 Å². The van der Waals surface area contributed by atoms with E-state index in [1.54, 1.807) is 52.4 Å². The fraction of sp³-hybridized carbons (Fsp3) is 0.718. The highest BCUT2D eigenvalue weighted by atomic mass is 32.1. The maximum absolute atomic E-state index is 14.6. The van der Waals surface area contributed by atoms with Gasteiger partial charge in [-0.1, -0.05) is 38.2 Å². The van der Waals surface area contributed by atoms with Crippen LogP contribution in [0.4, 0.5) is 4.79 Å². The van der Waals surface area contributed by atoms with Gasteiger partial charge in [0.05, 0.1) is 24.3 Å². The molecule has 55 heavy (non-hydrogen) atoms. The van der Waals surface area contributed by atoms with Gasteiger partial charge in [0.25, 0.3) is 5.91 Å². The molecule has 4 fully saturated rings. The highest BCUT2D eigenvalue weighted by Crippen LogP contribution is 2.44. The lowest BCUT2D eigenvalue weighted by atomic mass is 9.83. The van der Waals surface area contributed by atoms with Crippen molar-refractivity contribution >= 4 is 52.7 Å². The number of fused-ring (bicyclic) bond motifs is 1. The first-order valence-corrected chi connectivity index (χ1v) is 20.4. The SMILES string of the molecule is CN(C)C(=O)[C@@H](NC(=O)CNC(=O)C(=O)C(CC1CC1)NC(=O)C1[C@H]2CC(C)(C)OC2CN1C(=O)[C@@H](NC(=O)OC(C)(C)C)C1CCCCC1)c1cccs1. The summed E-state index contributed by atoms with van der Waals surface area (Å²) >= 11 is 1.30. The minimum absolute atomic E-state index is 0.129. The van der Waals surface area contributed by atoms with Gasteiger partial charge in [-0.15, -0.1) is 11.3 Å². The van der Waals surface area contributed by atoms with Crippen molar-refractivity contribution in [2.75, 3.05) is 27.2 Å². The molecule has 1 aromatic rings. The lowest BCUT2D eigenvalue weighted by Crippen LogP contribution is -2.59. The van der Waals surface area contributed by atoms with Crippen molar-refractivity contribution in [1.82, 2.24) is 31.1 Å². The molecule has 5 rings (SSSR count). The summed E-state index contributed by atoms with van der Waals surface area (Å²) in [7, 11) is 3.14. The van der Waals surface area contributed by atoms with E-state index in [4.69, 9.17) is 9.47 Å². The molecule has 3 unspecified atom stereocenters. The average molecular weight is 787 g/mol. The van der Waals surface area contributed by atoms with E-state index < -0.39 is 83.5 Å². The van der Waals surface area contributed by atoms with Crippen molar-refractivity contribution in [2.24, 2.45) is 17.8 Å². The number of carbonyl (C=O) groups excluding carboxylic acids is 7. The monoisotopic (exact) mass is 786 g/mol. The molecule has 6 atom stereocenters. The number of alkyl carbamates (subject to hydrolysis) is 1. The number of Topliss-reactive ketones (excluding diaryl/α,β-unsaturated/α-hetero) is 1.